The maximum atomic E-state index is 9.93. The summed E-state index contributed by atoms with van der Waals surface area (Å²) in [6.45, 7) is 6.76. The molecule has 0 amide bonds. The lowest BCUT2D eigenvalue weighted by atomic mass is 9.82. The van der Waals surface area contributed by atoms with Gasteiger partial charge in [0.15, 0.2) is 0 Å². The first-order valence-electron chi connectivity index (χ1n) is 7.63. The van der Waals surface area contributed by atoms with E-state index in [1.165, 1.54) is 32.1 Å². The maximum Gasteiger partial charge on any atom is 0.105 e. The molecule has 1 aliphatic rings. The van der Waals surface area contributed by atoms with Gasteiger partial charge in [0.25, 0.3) is 0 Å². The molecule has 1 rings (SSSR count). The third kappa shape index (κ3) is 4.97. The highest BCUT2D eigenvalue weighted by molar-refractivity contribution is 4.82. The van der Waals surface area contributed by atoms with Crippen molar-refractivity contribution < 1.29 is 5.11 Å². The Morgan fingerprint density at radius 2 is 1.88 bits per heavy atom. The summed E-state index contributed by atoms with van der Waals surface area (Å²) in [6, 6.07) is 0.504. The van der Waals surface area contributed by atoms with Gasteiger partial charge >= 0.3 is 0 Å². The summed E-state index contributed by atoms with van der Waals surface area (Å²) in [4.78, 5) is 0. The fourth-order valence-corrected chi connectivity index (χ4v) is 3.27. The third-order valence-electron chi connectivity index (χ3n) is 4.35. The van der Waals surface area contributed by atoms with E-state index in [-0.39, 0.29) is 6.23 Å². The van der Waals surface area contributed by atoms with Gasteiger partial charge in [-0.2, -0.15) is 0 Å². The number of rotatable bonds is 6. The molecule has 2 heteroatoms. The average molecular weight is 241 g/mol. The van der Waals surface area contributed by atoms with Crippen molar-refractivity contribution >= 4 is 0 Å². The van der Waals surface area contributed by atoms with Crippen molar-refractivity contribution in [1.82, 2.24) is 5.32 Å². The first-order valence-corrected chi connectivity index (χ1v) is 7.63. The van der Waals surface area contributed by atoms with Crippen LogP contribution in [0.1, 0.15) is 72.1 Å². The first-order chi connectivity index (χ1) is 8.19. The molecule has 0 aromatic heterocycles. The molecule has 0 saturated heterocycles. The lowest BCUT2D eigenvalue weighted by Crippen LogP contribution is -2.44. The van der Waals surface area contributed by atoms with Gasteiger partial charge in [0.05, 0.1) is 0 Å². The number of hydrogen-bond acceptors (Lipinski definition) is 2. The van der Waals surface area contributed by atoms with Gasteiger partial charge in [0.2, 0.25) is 0 Å². The predicted octanol–water partition coefficient (Wildman–Crippen LogP) is 3.69. The zero-order valence-corrected chi connectivity index (χ0v) is 11.9. The van der Waals surface area contributed by atoms with Crippen LogP contribution in [-0.2, 0) is 0 Å². The van der Waals surface area contributed by atoms with Crippen molar-refractivity contribution in [3.63, 3.8) is 0 Å². The second kappa shape index (κ2) is 8.10. The molecule has 17 heavy (non-hydrogen) atoms. The summed E-state index contributed by atoms with van der Waals surface area (Å²) in [5.41, 5.74) is 0. The number of aliphatic hydroxyl groups is 1. The minimum Gasteiger partial charge on any atom is -0.379 e. The zero-order valence-electron chi connectivity index (χ0n) is 11.9. The summed E-state index contributed by atoms with van der Waals surface area (Å²) in [5, 5.41) is 13.4. The van der Waals surface area contributed by atoms with Crippen LogP contribution in [0.4, 0.5) is 0 Å². The highest BCUT2D eigenvalue weighted by atomic mass is 16.3. The van der Waals surface area contributed by atoms with Crippen LogP contribution in [0.5, 0.6) is 0 Å². The second-order valence-electron chi connectivity index (χ2n) is 5.77. The predicted molar refractivity (Wildman–Crippen MR) is 73.9 cm³/mol. The van der Waals surface area contributed by atoms with Crippen LogP contribution in [0.3, 0.4) is 0 Å². The van der Waals surface area contributed by atoms with E-state index in [0.29, 0.717) is 6.04 Å². The molecule has 0 aliphatic heterocycles. The van der Waals surface area contributed by atoms with Crippen LogP contribution in [0, 0.1) is 11.8 Å². The first kappa shape index (κ1) is 15.0. The van der Waals surface area contributed by atoms with Crippen LogP contribution in [0.15, 0.2) is 0 Å². The maximum absolute atomic E-state index is 9.93. The van der Waals surface area contributed by atoms with Crippen LogP contribution in [0.2, 0.25) is 0 Å². The Balaban J connectivity index is 2.51. The van der Waals surface area contributed by atoms with Gasteiger partial charge in [-0.15, -0.1) is 0 Å². The normalized spacial score (nSPS) is 29.6. The summed E-state index contributed by atoms with van der Waals surface area (Å²) in [6.07, 6.45) is 9.62. The van der Waals surface area contributed by atoms with Gasteiger partial charge in [-0.05, 0) is 31.1 Å². The van der Waals surface area contributed by atoms with Crippen molar-refractivity contribution in [1.29, 1.82) is 0 Å². The molecule has 2 nitrogen and oxygen atoms in total. The van der Waals surface area contributed by atoms with Crippen LogP contribution >= 0.6 is 0 Å². The highest BCUT2D eigenvalue weighted by Gasteiger charge is 2.27. The number of aliphatic hydroxyl groups excluding tert-OH is 1. The van der Waals surface area contributed by atoms with Gasteiger partial charge in [-0.25, -0.2) is 0 Å². The third-order valence-corrected chi connectivity index (χ3v) is 4.35. The van der Waals surface area contributed by atoms with Crippen LogP contribution in [0.25, 0.3) is 0 Å². The highest BCUT2D eigenvalue weighted by Crippen LogP contribution is 2.32. The molecule has 1 aliphatic carbocycles. The summed E-state index contributed by atoms with van der Waals surface area (Å²) in [5.74, 6) is 1.57. The monoisotopic (exact) mass is 241 g/mol. The van der Waals surface area contributed by atoms with E-state index in [9.17, 15) is 5.11 Å². The molecule has 0 radical (unpaired) electrons. The number of nitrogens with one attached hydrogen (secondary N) is 1. The van der Waals surface area contributed by atoms with E-state index in [2.05, 4.69) is 26.1 Å². The molecule has 1 fully saturated rings. The summed E-state index contributed by atoms with van der Waals surface area (Å²) >= 11 is 0. The summed E-state index contributed by atoms with van der Waals surface area (Å²) < 4.78 is 0. The molecule has 0 heterocycles. The van der Waals surface area contributed by atoms with Crippen molar-refractivity contribution in [3.8, 4) is 0 Å². The number of hydrogen-bond donors (Lipinski definition) is 2. The SMILES string of the molecule is CCCC(O)NC(CC)C1CCCCCC1C. The van der Waals surface area contributed by atoms with E-state index >= 15 is 0 Å². The van der Waals surface area contributed by atoms with Crippen LogP contribution < -0.4 is 5.32 Å². The van der Waals surface area contributed by atoms with Gasteiger partial charge in [0, 0.05) is 6.04 Å². The van der Waals surface area contributed by atoms with Crippen LogP contribution in [-0.4, -0.2) is 17.4 Å². The molecule has 0 bridgehead atoms. The largest absolute Gasteiger partial charge is 0.379 e. The lowest BCUT2D eigenvalue weighted by molar-refractivity contribution is 0.0872. The van der Waals surface area contributed by atoms with E-state index in [1.54, 1.807) is 0 Å². The van der Waals surface area contributed by atoms with Crippen molar-refractivity contribution in [2.45, 2.75) is 84.4 Å². The molecular formula is C15H31NO. The Morgan fingerprint density at radius 3 is 2.53 bits per heavy atom. The zero-order chi connectivity index (χ0) is 12.7. The smallest absolute Gasteiger partial charge is 0.105 e. The van der Waals surface area contributed by atoms with E-state index in [4.69, 9.17) is 0 Å². The van der Waals surface area contributed by atoms with Gasteiger partial charge < -0.3 is 5.11 Å². The van der Waals surface area contributed by atoms with Gasteiger partial charge in [0.1, 0.15) is 6.23 Å². The molecule has 4 unspecified atom stereocenters. The van der Waals surface area contributed by atoms with Gasteiger partial charge in [-0.3, -0.25) is 5.32 Å². The van der Waals surface area contributed by atoms with E-state index in [1.807, 2.05) is 0 Å². The van der Waals surface area contributed by atoms with Crippen molar-refractivity contribution in [3.05, 3.63) is 0 Å². The van der Waals surface area contributed by atoms with E-state index in [0.717, 1.165) is 31.1 Å². The molecule has 0 aromatic carbocycles. The Bertz CT molecular complexity index is 195. The summed E-state index contributed by atoms with van der Waals surface area (Å²) in [7, 11) is 0. The standard InChI is InChI=1S/C15H31NO/c1-4-9-15(17)16-14(5-2)13-11-8-6-7-10-12(13)3/h12-17H,4-11H2,1-3H3. The Hall–Kier alpha value is -0.0800. The molecular weight excluding hydrogens is 210 g/mol. The second-order valence-corrected chi connectivity index (χ2v) is 5.77. The molecule has 0 spiro atoms. The fraction of sp³-hybridized carbons (Fsp3) is 1.00. The molecule has 2 N–H and O–H groups in total. The Kier molecular flexibility index (Phi) is 7.14. The molecule has 0 aromatic rings. The minimum absolute atomic E-state index is 0.305. The fourth-order valence-electron chi connectivity index (χ4n) is 3.27. The minimum atomic E-state index is -0.305. The Morgan fingerprint density at radius 1 is 1.18 bits per heavy atom. The van der Waals surface area contributed by atoms with E-state index < -0.39 is 0 Å². The topological polar surface area (TPSA) is 32.3 Å². The average Bonchev–Trinajstić information content (AvgIpc) is 2.51. The molecule has 102 valence electrons. The van der Waals surface area contributed by atoms with Crippen molar-refractivity contribution in [2.24, 2.45) is 11.8 Å². The Labute approximate surface area is 107 Å². The molecule has 4 atom stereocenters. The van der Waals surface area contributed by atoms with Crippen molar-refractivity contribution in [2.75, 3.05) is 0 Å². The lowest BCUT2D eigenvalue weighted by Gasteiger charge is -2.32. The van der Waals surface area contributed by atoms with Gasteiger partial charge in [-0.1, -0.05) is 52.9 Å². The molecule has 1 saturated carbocycles. The quantitative estimate of drug-likeness (QED) is 0.549.